The lowest BCUT2D eigenvalue weighted by atomic mass is 10.1. The molecule has 2 aliphatic rings. The Bertz CT molecular complexity index is 1250. The van der Waals surface area contributed by atoms with Crippen molar-refractivity contribution in [3.05, 3.63) is 59.6 Å². The number of rotatable bonds is 5. The molecule has 2 aromatic heterocycles. The Hall–Kier alpha value is -3.51. The number of nitrogens with one attached hydrogen (secondary N) is 1. The highest BCUT2D eigenvalue weighted by Gasteiger charge is 2.23. The minimum atomic E-state index is -0.712. The molecule has 196 valence electrons. The number of benzene rings is 1. The van der Waals surface area contributed by atoms with Gasteiger partial charge in [-0.05, 0) is 30.5 Å². The number of pyridine rings is 1. The number of halogens is 1. The summed E-state index contributed by atoms with van der Waals surface area (Å²) in [4.78, 5) is 36.2. The van der Waals surface area contributed by atoms with Crippen LogP contribution >= 0.6 is 11.8 Å². The Morgan fingerprint density at radius 2 is 2.08 bits per heavy atom. The first-order valence-corrected chi connectivity index (χ1v) is 13.0. The van der Waals surface area contributed by atoms with E-state index >= 15 is 0 Å². The van der Waals surface area contributed by atoms with Gasteiger partial charge in [0.15, 0.2) is 0 Å². The van der Waals surface area contributed by atoms with Gasteiger partial charge in [-0.1, -0.05) is 18.2 Å². The quantitative estimate of drug-likeness (QED) is 0.518. The van der Waals surface area contributed by atoms with E-state index in [-0.39, 0.29) is 24.0 Å². The molecule has 4 heterocycles. The number of primary amides is 1. The van der Waals surface area contributed by atoms with E-state index in [1.807, 2.05) is 13.2 Å². The molecule has 1 fully saturated rings. The third-order valence-corrected chi connectivity index (χ3v) is 7.35. The van der Waals surface area contributed by atoms with Gasteiger partial charge in [0.1, 0.15) is 17.5 Å². The molecule has 0 unspecified atom stereocenters. The molecule has 1 aromatic carbocycles. The van der Waals surface area contributed by atoms with E-state index < -0.39 is 5.91 Å². The van der Waals surface area contributed by atoms with Gasteiger partial charge in [0.2, 0.25) is 11.7 Å². The zero-order chi connectivity index (χ0) is 26.4. The van der Waals surface area contributed by atoms with Crippen molar-refractivity contribution < 1.29 is 18.7 Å². The molecule has 12 heteroatoms. The normalized spacial score (nSPS) is 15.9. The maximum atomic E-state index is 13.3. The van der Waals surface area contributed by atoms with Crippen LogP contribution in [0.15, 0.2) is 41.4 Å². The number of nitrogens with two attached hydrogens (primary N) is 1. The van der Waals surface area contributed by atoms with Crippen LogP contribution in [0.1, 0.15) is 41.3 Å². The van der Waals surface area contributed by atoms with Crippen LogP contribution in [0.3, 0.4) is 0 Å². The van der Waals surface area contributed by atoms with Crippen molar-refractivity contribution in [3.63, 3.8) is 0 Å². The monoisotopic (exact) mass is 527 g/mol. The summed E-state index contributed by atoms with van der Waals surface area (Å²) in [5.74, 6) is 1.26. The summed E-state index contributed by atoms with van der Waals surface area (Å²) in [5.41, 5.74) is 6.40. The maximum absolute atomic E-state index is 13.3. The molecule has 0 bridgehead atoms. The summed E-state index contributed by atoms with van der Waals surface area (Å²) >= 11 is 1.74. The van der Waals surface area contributed by atoms with Gasteiger partial charge in [-0.25, -0.2) is 14.4 Å². The predicted molar refractivity (Wildman–Crippen MR) is 139 cm³/mol. The first-order chi connectivity index (χ1) is 17.8. The number of fused-ring (bicyclic) bond motifs is 1. The van der Waals surface area contributed by atoms with E-state index in [9.17, 15) is 14.0 Å². The van der Waals surface area contributed by atoms with Crippen molar-refractivity contribution in [2.45, 2.75) is 36.6 Å². The minimum absolute atomic E-state index is 0.0914. The SMILES string of the molecule is CN1C(=O)CCSc2cc(N(C)C3CCOCC3)ncc21.NC(=O)c1n[nH]c(Cc2ccccc2F)n1. The smallest absolute Gasteiger partial charge is 0.288 e. The molecule has 5 rings (SSSR count). The van der Waals surface area contributed by atoms with Gasteiger partial charge in [-0.3, -0.25) is 14.7 Å². The Morgan fingerprint density at radius 3 is 2.78 bits per heavy atom. The van der Waals surface area contributed by atoms with E-state index in [0.717, 1.165) is 48.2 Å². The number of nitrogens with zero attached hydrogens (tertiary/aromatic N) is 5. The second kappa shape index (κ2) is 12.2. The van der Waals surface area contributed by atoms with E-state index in [4.69, 9.17) is 10.5 Å². The molecule has 3 N–H and O–H groups in total. The van der Waals surface area contributed by atoms with Crippen molar-refractivity contribution in [2.75, 3.05) is 42.9 Å². The van der Waals surface area contributed by atoms with Gasteiger partial charge >= 0.3 is 0 Å². The molecule has 3 aromatic rings. The molecule has 10 nitrogen and oxygen atoms in total. The number of hydrogen-bond acceptors (Lipinski definition) is 8. The van der Waals surface area contributed by atoms with Gasteiger partial charge in [-0.2, -0.15) is 0 Å². The fourth-order valence-corrected chi connectivity index (χ4v) is 5.12. The number of carbonyl (C=O) groups excluding carboxylic acids is 2. The zero-order valence-electron chi connectivity index (χ0n) is 20.8. The van der Waals surface area contributed by atoms with Crippen molar-refractivity contribution >= 4 is 35.1 Å². The number of amides is 2. The van der Waals surface area contributed by atoms with E-state index in [1.165, 1.54) is 6.07 Å². The molecule has 0 spiro atoms. The molecule has 2 amide bonds. The Morgan fingerprint density at radius 1 is 1.32 bits per heavy atom. The summed E-state index contributed by atoms with van der Waals surface area (Å²) < 4.78 is 18.7. The first kappa shape index (κ1) is 26.6. The van der Waals surface area contributed by atoms with Gasteiger partial charge in [0.05, 0.1) is 11.9 Å². The van der Waals surface area contributed by atoms with Gasteiger partial charge < -0.3 is 20.3 Å². The number of hydrogen-bond donors (Lipinski definition) is 2. The van der Waals surface area contributed by atoms with Crippen LogP contribution < -0.4 is 15.5 Å². The van der Waals surface area contributed by atoms with E-state index in [1.54, 1.807) is 34.9 Å². The standard InChI is InChI=1S/C15H21N3O2S.C10H9FN4O/c1-17(11-3-6-20-7-4-11)14-9-13-12(10-16-14)18(2)15(19)5-8-21-13;11-7-4-2-1-3-6(7)5-8-13-10(9(12)16)15-14-8/h9-11H,3-8H2,1-2H3;1-4H,5H2,(H2,12,16)(H,13,14,15). The van der Waals surface area contributed by atoms with Gasteiger partial charge in [0.25, 0.3) is 5.91 Å². The minimum Gasteiger partial charge on any atom is -0.381 e. The fraction of sp³-hybridized carbons (Fsp3) is 0.400. The Labute approximate surface area is 218 Å². The average Bonchev–Trinajstić information content (AvgIpc) is 3.33. The van der Waals surface area contributed by atoms with Crippen LogP contribution in [0.5, 0.6) is 0 Å². The number of thioether (sulfide) groups is 1. The van der Waals surface area contributed by atoms with Crippen LogP contribution in [0.4, 0.5) is 15.9 Å². The average molecular weight is 528 g/mol. The van der Waals surface area contributed by atoms with E-state index in [2.05, 4.69) is 38.2 Å². The number of aromatic nitrogens is 4. The maximum Gasteiger partial charge on any atom is 0.288 e. The fourth-order valence-electron chi connectivity index (χ4n) is 4.10. The summed E-state index contributed by atoms with van der Waals surface area (Å²) in [6.07, 6.45) is 4.74. The number of anilines is 2. The zero-order valence-corrected chi connectivity index (χ0v) is 21.6. The number of ether oxygens (including phenoxy) is 1. The lowest BCUT2D eigenvalue weighted by molar-refractivity contribution is -0.117. The van der Waals surface area contributed by atoms with Crippen molar-refractivity contribution in [2.24, 2.45) is 5.73 Å². The molecule has 0 saturated carbocycles. The second-order valence-electron chi connectivity index (χ2n) is 8.75. The molecule has 1 saturated heterocycles. The Kier molecular flexibility index (Phi) is 8.72. The third-order valence-electron chi connectivity index (χ3n) is 6.31. The van der Waals surface area contributed by atoms with Gasteiger partial charge in [0, 0.05) is 56.8 Å². The molecule has 0 radical (unpaired) electrons. The summed E-state index contributed by atoms with van der Waals surface area (Å²) in [5, 5.41) is 6.14. The van der Waals surface area contributed by atoms with Crippen molar-refractivity contribution in [1.29, 1.82) is 0 Å². The van der Waals surface area contributed by atoms with Crippen LogP contribution in [-0.4, -0.2) is 71.1 Å². The Balaban J connectivity index is 0.000000180. The second-order valence-corrected chi connectivity index (χ2v) is 9.89. The number of carbonyl (C=O) groups is 2. The highest BCUT2D eigenvalue weighted by Crippen LogP contribution is 2.35. The van der Waals surface area contributed by atoms with Crippen molar-refractivity contribution in [1.82, 2.24) is 20.2 Å². The lowest BCUT2D eigenvalue weighted by Gasteiger charge is -2.32. The van der Waals surface area contributed by atoms with Crippen molar-refractivity contribution in [3.8, 4) is 0 Å². The molecular weight excluding hydrogens is 497 g/mol. The number of H-pyrrole nitrogens is 1. The summed E-state index contributed by atoms with van der Waals surface area (Å²) in [6, 6.07) is 8.93. The van der Waals surface area contributed by atoms with Gasteiger partial charge in [-0.15, -0.1) is 16.9 Å². The highest BCUT2D eigenvalue weighted by molar-refractivity contribution is 7.99. The first-order valence-electron chi connectivity index (χ1n) is 12.0. The molecule has 37 heavy (non-hydrogen) atoms. The summed E-state index contributed by atoms with van der Waals surface area (Å²) in [7, 11) is 3.93. The highest BCUT2D eigenvalue weighted by atomic mass is 32.2. The molecule has 0 atom stereocenters. The van der Waals surface area contributed by atoms with E-state index in [0.29, 0.717) is 23.9 Å². The van der Waals surface area contributed by atoms with Crippen LogP contribution in [0.25, 0.3) is 0 Å². The number of aromatic amines is 1. The molecular formula is C25H30FN7O3S. The summed E-state index contributed by atoms with van der Waals surface area (Å²) in [6.45, 7) is 1.65. The van der Waals surface area contributed by atoms with Crippen LogP contribution in [-0.2, 0) is 16.0 Å². The lowest BCUT2D eigenvalue weighted by Crippen LogP contribution is -2.37. The molecule has 2 aliphatic heterocycles. The predicted octanol–water partition coefficient (Wildman–Crippen LogP) is 2.79. The van der Waals surface area contributed by atoms with Crippen LogP contribution in [0.2, 0.25) is 0 Å². The molecule has 0 aliphatic carbocycles. The largest absolute Gasteiger partial charge is 0.381 e. The third kappa shape index (κ3) is 6.63. The van der Waals surface area contributed by atoms with Crippen LogP contribution in [0, 0.1) is 5.82 Å². The topological polar surface area (TPSA) is 130 Å².